The van der Waals surface area contributed by atoms with Crippen LogP contribution in [0.5, 0.6) is 0 Å². The molecule has 1 aliphatic carbocycles. The average molecular weight is 304 g/mol. The van der Waals surface area contributed by atoms with Crippen LogP contribution >= 0.6 is 11.3 Å². The van der Waals surface area contributed by atoms with Crippen LogP contribution in [-0.4, -0.2) is 25.0 Å². The van der Waals surface area contributed by atoms with E-state index in [0.717, 1.165) is 49.7 Å². The summed E-state index contributed by atoms with van der Waals surface area (Å²) in [5, 5.41) is 13.2. The zero-order chi connectivity index (χ0) is 15.0. The van der Waals surface area contributed by atoms with E-state index in [0.29, 0.717) is 22.2 Å². The molecule has 112 valence electrons. The monoisotopic (exact) mass is 304 g/mol. The van der Waals surface area contributed by atoms with E-state index in [2.05, 4.69) is 23.2 Å². The second kappa shape index (κ2) is 5.57. The van der Waals surface area contributed by atoms with Crippen molar-refractivity contribution in [3.05, 3.63) is 10.4 Å². The zero-order valence-electron chi connectivity index (χ0n) is 12.2. The molecule has 0 bridgehead atoms. The highest BCUT2D eigenvalue weighted by Gasteiger charge is 2.29. The van der Waals surface area contributed by atoms with E-state index in [9.17, 15) is 10.1 Å². The maximum absolute atomic E-state index is 12.2. The summed E-state index contributed by atoms with van der Waals surface area (Å²) in [5.74, 6) is 0.592. The Morgan fingerprint density at radius 3 is 2.62 bits per heavy atom. The van der Waals surface area contributed by atoms with Crippen molar-refractivity contribution in [1.82, 2.24) is 5.32 Å². The molecule has 2 fully saturated rings. The second-order valence-corrected chi connectivity index (χ2v) is 7.05. The summed E-state index contributed by atoms with van der Waals surface area (Å²) >= 11 is 1.36. The Morgan fingerprint density at radius 2 is 2.05 bits per heavy atom. The Kier molecular flexibility index (Phi) is 3.77. The van der Waals surface area contributed by atoms with Gasteiger partial charge in [-0.3, -0.25) is 4.79 Å². The number of nitrogens with one attached hydrogen (secondary N) is 1. The first-order valence-corrected chi connectivity index (χ1v) is 8.30. The molecule has 0 unspecified atom stereocenters. The fraction of sp³-hybridized carbons (Fsp3) is 0.600. The number of carbonyl (C=O) groups excluding carboxylic acids is 1. The van der Waals surface area contributed by atoms with Gasteiger partial charge in [0.2, 0.25) is 0 Å². The van der Waals surface area contributed by atoms with Gasteiger partial charge in [0.1, 0.15) is 21.5 Å². The number of carbonyl (C=O) groups is 1. The molecule has 2 aliphatic rings. The molecule has 3 rings (SSSR count). The van der Waals surface area contributed by atoms with Crippen molar-refractivity contribution >= 4 is 27.9 Å². The summed E-state index contributed by atoms with van der Waals surface area (Å²) < 4.78 is 0. The third-order valence-electron chi connectivity index (χ3n) is 4.23. The second-order valence-electron chi connectivity index (χ2n) is 6.05. The first-order valence-electron chi connectivity index (χ1n) is 7.48. The Balaban J connectivity index is 1.86. The van der Waals surface area contributed by atoms with Crippen LogP contribution in [0.3, 0.4) is 0 Å². The molecule has 0 aromatic carbocycles. The smallest absolute Gasteiger partial charge is 0.263 e. The lowest BCUT2D eigenvalue weighted by Crippen LogP contribution is -2.32. The van der Waals surface area contributed by atoms with Gasteiger partial charge in [-0.1, -0.05) is 6.92 Å². The highest BCUT2D eigenvalue weighted by Crippen LogP contribution is 2.39. The topological polar surface area (TPSA) is 82.2 Å². The molecule has 1 aliphatic heterocycles. The molecule has 5 nitrogen and oxygen atoms in total. The Hall–Kier alpha value is -1.74. The van der Waals surface area contributed by atoms with E-state index in [1.807, 2.05) is 0 Å². The van der Waals surface area contributed by atoms with Gasteiger partial charge in [0.15, 0.2) is 0 Å². The standard InChI is InChI=1S/C15H20N4OS/c1-9-4-6-19(7-5-9)15-11(8-16)12(17)13(21-15)14(20)18-10-2-3-10/h9-10H,2-7,17H2,1H3,(H,18,20). The van der Waals surface area contributed by atoms with E-state index in [-0.39, 0.29) is 5.91 Å². The van der Waals surface area contributed by atoms with Crippen molar-refractivity contribution < 1.29 is 4.79 Å². The maximum Gasteiger partial charge on any atom is 0.263 e. The number of nitrogens with zero attached hydrogens (tertiary/aromatic N) is 2. The maximum atomic E-state index is 12.2. The summed E-state index contributed by atoms with van der Waals surface area (Å²) in [6.07, 6.45) is 4.32. The van der Waals surface area contributed by atoms with Gasteiger partial charge in [0.05, 0.1) is 5.69 Å². The number of hydrogen-bond acceptors (Lipinski definition) is 5. The van der Waals surface area contributed by atoms with Crippen molar-refractivity contribution in [2.45, 2.75) is 38.6 Å². The third kappa shape index (κ3) is 2.84. The lowest BCUT2D eigenvalue weighted by molar-refractivity contribution is 0.0956. The van der Waals surface area contributed by atoms with Crippen LogP contribution in [0, 0.1) is 17.2 Å². The van der Waals surface area contributed by atoms with Crippen molar-refractivity contribution in [2.75, 3.05) is 23.7 Å². The number of rotatable bonds is 3. The SMILES string of the molecule is CC1CCN(c2sc(C(=O)NC3CC3)c(N)c2C#N)CC1. The van der Waals surface area contributed by atoms with E-state index >= 15 is 0 Å². The first kappa shape index (κ1) is 14.2. The predicted molar refractivity (Wildman–Crippen MR) is 84.5 cm³/mol. The molecule has 1 aromatic heterocycles. The van der Waals surface area contributed by atoms with E-state index in [1.54, 1.807) is 0 Å². The molecule has 0 atom stereocenters. The molecule has 0 radical (unpaired) electrons. The van der Waals surface area contributed by atoms with Crippen molar-refractivity contribution in [1.29, 1.82) is 5.26 Å². The minimum absolute atomic E-state index is 0.131. The van der Waals surface area contributed by atoms with Gasteiger partial charge in [0, 0.05) is 19.1 Å². The van der Waals surface area contributed by atoms with Gasteiger partial charge in [-0.2, -0.15) is 5.26 Å². The Morgan fingerprint density at radius 1 is 1.38 bits per heavy atom. The average Bonchev–Trinajstić information content (AvgIpc) is 3.21. The van der Waals surface area contributed by atoms with Crippen molar-refractivity contribution in [2.24, 2.45) is 5.92 Å². The number of nitrogen functional groups attached to an aromatic ring is 1. The number of nitriles is 1. The minimum atomic E-state index is -0.131. The molecule has 0 spiro atoms. The van der Waals surface area contributed by atoms with Crippen LogP contribution in [0.2, 0.25) is 0 Å². The molecule has 21 heavy (non-hydrogen) atoms. The van der Waals surface area contributed by atoms with Crippen LogP contribution in [-0.2, 0) is 0 Å². The first-order chi connectivity index (χ1) is 10.1. The lowest BCUT2D eigenvalue weighted by atomic mass is 9.99. The molecule has 3 N–H and O–H groups in total. The van der Waals surface area contributed by atoms with E-state index in [4.69, 9.17) is 5.73 Å². The Bertz CT molecular complexity index is 592. The predicted octanol–water partition coefficient (Wildman–Crippen LogP) is 2.33. The van der Waals surface area contributed by atoms with Gasteiger partial charge in [-0.15, -0.1) is 11.3 Å². The molecule has 1 amide bonds. The van der Waals surface area contributed by atoms with Crippen LogP contribution in [0.25, 0.3) is 0 Å². The third-order valence-corrected chi connectivity index (χ3v) is 5.49. The number of thiophene rings is 1. The molecular weight excluding hydrogens is 284 g/mol. The van der Waals surface area contributed by atoms with E-state index in [1.165, 1.54) is 11.3 Å². The highest BCUT2D eigenvalue weighted by atomic mass is 32.1. The summed E-state index contributed by atoms with van der Waals surface area (Å²) in [4.78, 5) is 14.9. The van der Waals surface area contributed by atoms with Crippen LogP contribution in [0.4, 0.5) is 10.7 Å². The fourth-order valence-corrected chi connectivity index (χ4v) is 3.75. The highest BCUT2D eigenvalue weighted by molar-refractivity contribution is 7.19. The van der Waals surface area contributed by atoms with Gasteiger partial charge in [0.25, 0.3) is 5.91 Å². The largest absolute Gasteiger partial charge is 0.396 e. The number of piperidine rings is 1. The fourth-order valence-electron chi connectivity index (χ4n) is 2.62. The van der Waals surface area contributed by atoms with Gasteiger partial charge in [-0.25, -0.2) is 0 Å². The van der Waals surface area contributed by atoms with Gasteiger partial charge >= 0.3 is 0 Å². The Labute approximate surface area is 128 Å². The quantitative estimate of drug-likeness (QED) is 0.898. The molecule has 1 saturated carbocycles. The molecule has 1 saturated heterocycles. The van der Waals surface area contributed by atoms with Crippen LogP contribution in [0.15, 0.2) is 0 Å². The molecule has 1 aromatic rings. The van der Waals surface area contributed by atoms with Crippen LogP contribution < -0.4 is 16.0 Å². The van der Waals surface area contributed by atoms with Gasteiger partial charge in [-0.05, 0) is 31.6 Å². The van der Waals surface area contributed by atoms with Gasteiger partial charge < -0.3 is 16.0 Å². The van der Waals surface area contributed by atoms with Crippen molar-refractivity contribution in [3.63, 3.8) is 0 Å². The summed E-state index contributed by atoms with van der Waals surface area (Å²) in [6.45, 7) is 4.11. The molecule has 2 heterocycles. The number of anilines is 2. The molecular formula is C15H20N4OS. The normalized spacial score (nSPS) is 19.3. The molecule has 6 heteroatoms. The minimum Gasteiger partial charge on any atom is -0.396 e. The zero-order valence-corrected chi connectivity index (χ0v) is 13.0. The lowest BCUT2D eigenvalue weighted by Gasteiger charge is -2.31. The summed E-state index contributed by atoms with van der Waals surface area (Å²) in [5.41, 5.74) is 6.86. The number of hydrogen-bond donors (Lipinski definition) is 2. The van der Waals surface area contributed by atoms with Crippen molar-refractivity contribution in [3.8, 4) is 6.07 Å². The summed E-state index contributed by atoms with van der Waals surface area (Å²) in [7, 11) is 0. The van der Waals surface area contributed by atoms with Crippen LogP contribution in [0.1, 0.15) is 47.8 Å². The van der Waals surface area contributed by atoms with E-state index < -0.39 is 0 Å². The number of amides is 1. The summed E-state index contributed by atoms with van der Waals surface area (Å²) in [6, 6.07) is 2.48. The number of nitrogens with two attached hydrogens (primary N) is 1.